The Kier molecular flexibility index (Phi) is 3.80. The summed E-state index contributed by atoms with van der Waals surface area (Å²) < 4.78 is 0. The maximum Gasteiger partial charge on any atom is 0.124 e. The molecule has 9 rings (SSSR count). The molecule has 4 aliphatic rings. The maximum atomic E-state index is 4.87. The van der Waals surface area contributed by atoms with Gasteiger partial charge in [-0.25, -0.2) is 15.0 Å². The summed E-state index contributed by atoms with van der Waals surface area (Å²) in [6.07, 6.45) is 8.73. The van der Waals surface area contributed by atoms with Gasteiger partial charge in [0.1, 0.15) is 17.3 Å². The van der Waals surface area contributed by atoms with Crippen LogP contribution in [0.15, 0.2) is 48.8 Å². The number of H-pyrrole nitrogens is 2. The van der Waals surface area contributed by atoms with Crippen molar-refractivity contribution in [2.24, 2.45) is 11.8 Å². The standard InChI is InChI=1S/C28H26N8/c1-3-17-21(29-11-25(31-17)26-12-30-27(36-26)23-9-15-7-19(15)32-23)5-13(1)14-2-4-18-22(6-14)35-28(34-18)24-10-16-8-20(16)33-24/h1-6,11-12,15-16,19-20,23-24,32-33H,7-10H2,(H,30,36)(H,34,35). The normalized spacial score (nSPS) is 30.1. The van der Waals surface area contributed by atoms with E-state index in [4.69, 9.17) is 15.0 Å². The predicted molar refractivity (Wildman–Crippen MR) is 137 cm³/mol. The van der Waals surface area contributed by atoms with Gasteiger partial charge in [-0.1, -0.05) is 12.1 Å². The lowest BCUT2D eigenvalue weighted by Gasteiger charge is -2.09. The summed E-state index contributed by atoms with van der Waals surface area (Å²) in [7, 11) is 0. The SMILES string of the molecule is c1cc2nc(-c3cnc(C4CC5CC5N4)[nH]3)cnc2cc1-c1ccc2nc(C3CC4CC4N3)[nH]c2c1. The number of rotatable bonds is 4. The van der Waals surface area contributed by atoms with E-state index in [1.165, 1.54) is 25.7 Å². The third-order valence-electron chi connectivity index (χ3n) is 8.66. The van der Waals surface area contributed by atoms with Crippen LogP contribution in [0.2, 0.25) is 0 Å². The Hall–Kier alpha value is -3.62. The molecule has 2 aliphatic carbocycles. The second-order valence-corrected chi connectivity index (χ2v) is 11.1. The minimum Gasteiger partial charge on any atom is -0.341 e. The lowest BCUT2D eigenvalue weighted by molar-refractivity contribution is 0.543. The van der Waals surface area contributed by atoms with Crippen molar-refractivity contribution in [3.63, 3.8) is 0 Å². The topological polar surface area (TPSA) is 107 Å². The molecule has 4 fully saturated rings. The highest BCUT2D eigenvalue weighted by molar-refractivity contribution is 5.86. The van der Waals surface area contributed by atoms with Gasteiger partial charge >= 0.3 is 0 Å². The van der Waals surface area contributed by atoms with Crippen molar-refractivity contribution in [1.82, 2.24) is 40.5 Å². The van der Waals surface area contributed by atoms with E-state index in [0.717, 1.165) is 68.1 Å². The number of aromatic amines is 2. The average molecular weight is 475 g/mol. The van der Waals surface area contributed by atoms with Gasteiger partial charge in [0.05, 0.1) is 52.2 Å². The van der Waals surface area contributed by atoms with Gasteiger partial charge in [0.25, 0.3) is 0 Å². The van der Waals surface area contributed by atoms with E-state index in [9.17, 15) is 0 Å². The molecule has 178 valence electrons. The molecule has 0 amide bonds. The van der Waals surface area contributed by atoms with E-state index in [2.05, 4.69) is 62.0 Å². The van der Waals surface area contributed by atoms with Gasteiger partial charge in [0.15, 0.2) is 0 Å². The zero-order valence-electron chi connectivity index (χ0n) is 19.7. The van der Waals surface area contributed by atoms with Gasteiger partial charge in [-0.15, -0.1) is 0 Å². The minimum absolute atomic E-state index is 0.335. The van der Waals surface area contributed by atoms with Crippen LogP contribution in [0.4, 0.5) is 0 Å². The summed E-state index contributed by atoms with van der Waals surface area (Å²) in [4.78, 5) is 26.1. The fraction of sp³-hybridized carbons (Fsp3) is 0.357. The highest BCUT2D eigenvalue weighted by Gasteiger charge is 2.47. The monoisotopic (exact) mass is 474 g/mol. The van der Waals surface area contributed by atoms with E-state index < -0.39 is 0 Å². The van der Waals surface area contributed by atoms with Crippen molar-refractivity contribution in [2.75, 3.05) is 0 Å². The zero-order chi connectivity index (χ0) is 23.4. The van der Waals surface area contributed by atoms with Gasteiger partial charge in [-0.2, -0.15) is 0 Å². The Balaban J connectivity index is 0.999. The Morgan fingerprint density at radius 2 is 1.39 bits per heavy atom. The number of fused-ring (bicyclic) bond motifs is 4. The van der Waals surface area contributed by atoms with E-state index >= 15 is 0 Å². The third-order valence-corrected chi connectivity index (χ3v) is 8.66. The van der Waals surface area contributed by atoms with Gasteiger partial charge in [0.2, 0.25) is 0 Å². The van der Waals surface area contributed by atoms with Crippen LogP contribution in [0.3, 0.4) is 0 Å². The first-order valence-electron chi connectivity index (χ1n) is 13.1. The van der Waals surface area contributed by atoms with E-state index in [1.807, 2.05) is 12.4 Å². The molecule has 6 atom stereocenters. The van der Waals surface area contributed by atoms with Crippen LogP contribution in [0.25, 0.3) is 44.6 Å². The van der Waals surface area contributed by atoms with Crippen LogP contribution in [0, 0.1) is 11.8 Å². The Labute approximate surface area is 207 Å². The molecule has 0 radical (unpaired) electrons. The summed E-state index contributed by atoms with van der Waals surface area (Å²) in [5.74, 6) is 3.76. The molecule has 5 aromatic rings. The number of nitrogens with zero attached hydrogens (tertiary/aromatic N) is 4. The molecule has 2 aliphatic heterocycles. The van der Waals surface area contributed by atoms with Gasteiger partial charge in [0, 0.05) is 12.1 Å². The van der Waals surface area contributed by atoms with Crippen LogP contribution in [-0.2, 0) is 0 Å². The number of aromatic nitrogens is 6. The fourth-order valence-electron chi connectivity index (χ4n) is 6.40. The summed E-state index contributed by atoms with van der Waals surface area (Å²) in [5.41, 5.74) is 7.87. The summed E-state index contributed by atoms with van der Waals surface area (Å²) in [5, 5.41) is 7.34. The van der Waals surface area contributed by atoms with Crippen LogP contribution < -0.4 is 10.6 Å². The second kappa shape index (κ2) is 6.99. The lowest BCUT2D eigenvalue weighted by atomic mass is 10.0. The number of hydrogen-bond donors (Lipinski definition) is 4. The molecule has 8 heteroatoms. The lowest BCUT2D eigenvalue weighted by Crippen LogP contribution is -2.18. The van der Waals surface area contributed by atoms with Gasteiger partial charge < -0.3 is 20.6 Å². The molecule has 4 N–H and O–H groups in total. The van der Waals surface area contributed by atoms with Gasteiger partial charge in [-0.3, -0.25) is 4.98 Å². The van der Waals surface area contributed by atoms with Crippen molar-refractivity contribution in [3.8, 4) is 22.5 Å². The Morgan fingerprint density at radius 1 is 0.639 bits per heavy atom. The number of nitrogens with one attached hydrogen (secondary N) is 4. The van der Waals surface area contributed by atoms with Crippen molar-refractivity contribution in [3.05, 3.63) is 60.4 Å². The highest BCUT2D eigenvalue weighted by Crippen LogP contribution is 2.46. The second-order valence-electron chi connectivity index (χ2n) is 11.1. The maximum absolute atomic E-state index is 4.87. The number of piperidine rings is 2. The molecule has 2 saturated carbocycles. The molecule has 36 heavy (non-hydrogen) atoms. The molecule has 0 bridgehead atoms. The molecule has 8 nitrogen and oxygen atoms in total. The van der Waals surface area contributed by atoms with Crippen LogP contribution in [-0.4, -0.2) is 42.0 Å². The molecule has 6 unspecified atom stereocenters. The zero-order valence-corrected chi connectivity index (χ0v) is 19.7. The van der Waals surface area contributed by atoms with Crippen molar-refractivity contribution >= 4 is 22.1 Å². The summed E-state index contributed by atoms with van der Waals surface area (Å²) >= 11 is 0. The quantitative estimate of drug-likeness (QED) is 0.307. The molecule has 5 heterocycles. The fourth-order valence-corrected chi connectivity index (χ4v) is 6.40. The number of benzene rings is 2. The Bertz CT molecular complexity index is 1650. The predicted octanol–water partition coefficient (Wildman–Crippen LogP) is 4.41. The third kappa shape index (κ3) is 3.07. The van der Waals surface area contributed by atoms with E-state index in [-0.39, 0.29) is 0 Å². The minimum atomic E-state index is 0.335. The van der Waals surface area contributed by atoms with Crippen LogP contribution in [0.5, 0.6) is 0 Å². The molecular formula is C28H26N8. The average Bonchev–Trinajstić information content (AvgIpc) is 3.49. The van der Waals surface area contributed by atoms with Crippen LogP contribution >= 0.6 is 0 Å². The van der Waals surface area contributed by atoms with E-state index in [0.29, 0.717) is 24.2 Å². The van der Waals surface area contributed by atoms with Crippen LogP contribution in [0.1, 0.15) is 49.4 Å². The molecular weight excluding hydrogens is 448 g/mol. The summed E-state index contributed by atoms with van der Waals surface area (Å²) in [6, 6.07) is 14.8. The number of imidazole rings is 2. The first-order chi connectivity index (χ1) is 17.7. The van der Waals surface area contributed by atoms with Crippen molar-refractivity contribution < 1.29 is 0 Å². The Morgan fingerprint density at radius 3 is 2.17 bits per heavy atom. The first-order valence-corrected chi connectivity index (χ1v) is 13.1. The van der Waals surface area contributed by atoms with Gasteiger partial charge in [-0.05, 0) is 72.9 Å². The first kappa shape index (κ1) is 19.6. The van der Waals surface area contributed by atoms with E-state index in [1.54, 1.807) is 0 Å². The molecule has 3 aromatic heterocycles. The summed E-state index contributed by atoms with van der Waals surface area (Å²) in [6.45, 7) is 0. The largest absolute Gasteiger partial charge is 0.341 e. The highest BCUT2D eigenvalue weighted by atomic mass is 15.1. The molecule has 2 saturated heterocycles. The molecule has 0 spiro atoms. The van der Waals surface area contributed by atoms with Crippen molar-refractivity contribution in [2.45, 2.75) is 49.9 Å². The molecule has 2 aromatic carbocycles. The number of hydrogen-bond acceptors (Lipinski definition) is 6. The van der Waals surface area contributed by atoms with Crippen molar-refractivity contribution in [1.29, 1.82) is 0 Å². The smallest absolute Gasteiger partial charge is 0.124 e.